The number of ketones is 1. The zero-order chi connectivity index (χ0) is 14.4. The third kappa shape index (κ3) is 3.37. The van der Waals surface area contributed by atoms with Crippen LogP contribution in [0.5, 0.6) is 17.2 Å². The van der Waals surface area contributed by atoms with Gasteiger partial charge in [-0.1, -0.05) is 0 Å². The molecule has 104 valence electrons. The van der Waals surface area contributed by atoms with Crippen molar-refractivity contribution < 1.29 is 28.5 Å². The maximum absolute atomic E-state index is 11.6. The van der Waals surface area contributed by atoms with Crippen molar-refractivity contribution >= 4 is 11.8 Å². The maximum Gasteiger partial charge on any atom is 0.374 e. The van der Waals surface area contributed by atoms with E-state index in [4.69, 9.17) is 14.2 Å². The van der Waals surface area contributed by atoms with Crippen LogP contribution in [-0.2, 0) is 20.7 Å². The first-order valence-corrected chi connectivity index (χ1v) is 5.47. The number of ether oxygens (including phenoxy) is 4. The molecule has 0 saturated heterocycles. The van der Waals surface area contributed by atoms with Gasteiger partial charge >= 0.3 is 5.97 Å². The van der Waals surface area contributed by atoms with Gasteiger partial charge in [-0.2, -0.15) is 0 Å². The second-order valence-corrected chi connectivity index (χ2v) is 3.60. The first kappa shape index (κ1) is 14.8. The quantitative estimate of drug-likeness (QED) is 0.566. The zero-order valence-electron chi connectivity index (χ0n) is 11.3. The van der Waals surface area contributed by atoms with Gasteiger partial charge < -0.3 is 18.9 Å². The first-order chi connectivity index (χ1) is 9.07. The molecule has 1 rings (SSSR count). The molecule has 0 radical (unpaired) electrons. The van der Waals surface area contributed by atoms with Crippen molar-refractivity contribution in [2.45, 2.75) is 6.42 Å². The molecule has 1 aromatic carbocycles. The Morgan fingerprint density at radius 3 is 1.84 bits per heavy atom. The molecule has 0 aliphatic rings. The molecule has 0 fully saturated rings. The van der Waals surface area contributed by atoms with Gasteiger partial charge in [-0.05, 0) is 0 Å². The van der Waals surface area contributed by atoms with Crippen LogP contribution < -0.4 is 14.2 Å². The Balaban J connectivity index is 3.17. The third-order valence-corrected chi connectivity index (χ3v) is 2.57. The van der Waals surface area contributed by atoms with Crippen molar-refractivity contribution in [3.05, 3.63) is 17.7 Å². The van der Waals surface area contributed by atoms with E-state index in [9.17, 15) is 9.59 Å². The van der Waals surface area contributed by atoms with E-state index in [2.05, 4.69) is 4.74 Å². The summed E-state index contributed by atoms with van der Waals surface area (Å²) in [6.07, 6.45) is -0.164. The van der Waals surface area contributed by atoms with Crippen LogP contribution in [0.2, 0.25) is 0 Å². The van der Waals surface area contributed by atoms with Crippen LogP contribution in [0.25, 0.3) is 0 Å². The number of Topliss-reactive ketones (excluding diaryl/α,β-unsaturated/α-hetero) is 1. The van der Waals surface area contributed by atoms with E-state index in [0.29, 0.717) is 22.8 Å². The van der Waals surface area contributed by atoms with E-state index >= 15 is 0 Å². The normalized spacial score (nSPS) is 9.68. The smallest absolute Gasteiger partial charge is 0.374 e. The molecule has 0 heterocycles. The standard InChI is InChI=1S/C13H16O6/c1-16-8-5-11(17-2)9(12(6-8)18-3)7-10(14)13(15)19-4/h5-6H,7H2,1-4H3. The van der Waals surface area contributed by atoms with Crippen LogP contribution >= 0.6 is 0 Å². The second-order valence-electron chi connectivity index (χ2n) is 3.60. The summed E-state index contributed by atoms with van der Waals surface area (Å²) in [5.74, 6) is -0.228. The molecular formula is C13H16O6. The summed E-state index contributed by atoms with van der Waals surface area (Å²) in [6.45, 7) is 0. The van der Waals surface area contributed by atoms with Crippen molar-refractivity contribution in [1.29, 1.82) is 0 Å². The highest BCUT2D eigenvalue weighted by atomic mass is 16.5. The summed E-state index contributed by atoms with van der Waals surface area (Å²) < 4.78 is 19.8. The van der Waals surface area contributed by atoms with Crippen molar-refractivity contribution in [3.8, 4) is 17.2 Å². The van der Waals surface area contributed by atoms with Crippen LogP contribution in [0.1, 0.15) is 5.56 Å². The van der Waals surface area contributed by atoms with Crippen LogP contribution in [0.15, 0.2) is 12.1 Å². The summed E-state index contributed by atoms with van der Waals surface area (Å²) in [5, 5.41) is 0. The number of esters is 1. The van der Waals surface area contributed by atoms with Crippen LogP contribution in [0, 0.1) is 0 Å². The first-order valence-electron chi connectivity index (χ1n) is 5.47. The zero-order valence-corrected chi connectivity index (χ0v) is 11.3. The van der Waals surface area contributed by atoms with E-state index < -0.39 is 11.8 Å². The molecule has 0 aliphatic carbocycles. The molecular weight excluding hydrogens is 252 g/mol. The Morgan fingerprint density at radius 1 is 0.947 bits per heavy atom. The molecule has 0 bridgehead atoms. The number of hydrogen-bond donors (Lipinski definition) is 0. The van der Waals surface area contributed by atoms with Gasteiger partial charge in [-0.15, -0.1) is 0 Å². The lowest BCUT2D eigenvalue weighted by molar-refractivity contribution is -0.151. The van der Waals surface area contributed by atoms with Crippen molar-refractivity contribution in [2.75, 3.05) is 28.4 Å². The summed E-state index contributed by atoms with van der Waals surface area (Å²) >= 11 is 0. The van der Waals surface area contributed by atoms with Crippen molar-refractivity contribution in [1.82, 2.24) is 0 Å². The molecule has 0 unspecified atom stereocenters. The molecule has 0 aromatic heterocycles. The molecule has 0 atom stereocenters. The molecule has 1 aromatic rings. The van der Waals surface area contributed by atoms with Gasteiger partial charge in [0.2, 0.25) is 5.78 Å². The van der Waals surface area contributed by atoms with Gasteiger partial charge in [-0.3, -0.25) is 4.79 Å². The lowest BCUT2D eigenvalue weighted by atomic mass is 10.1. The predicted octanol–water partition coefficient (Wildman–Crippen LogP) is 0.997. The van der Waals surface area contributed by atoms with Gasteiger partial charge in [0, 0.05) is 17.7 Å². The van der Waals surface area contributed by atoms with Crippen LogP contribution in [0.3, 0.4) is 0 Å². The number of benzene rings is 1. The van der Waals surface area contributed by atoms with Crippen LogP contribution in [-0.4, -0.2) is 40.2 Å². The summed E-state index contributed by atoms with van der Waals surface area (Å²) in [7, 11) is 5.58. The van der Waals surface area contributed by atoms with E-state index in [-0.39, 0.29) is 6.42 Å². The fraction of sp³-hybridized carbons (Fsp3) is 0.385. The number of carbonyl (C=O) groups excluding carboxylic acids is 2. The fourth-order valence-corrected chi connectivity index (χ4v) is 1.60. The third-order valence-electron chi connectivity index (χ3n) is 2.57. The summed E-state index contributed by atoms with van der Waals surface area (Å²) in [5.41, 5.74) is 0.473. The monoisotopic (exact) mass is 268 g/mol. The number of rotatable bonds is 6. The molecule has 0 aliphatic heterocycles. The SMILES string of the molecule is COC(=O)C(=O)Cc1c(OC)cc(OC)cc1OC. The number of hydrogen-bond acceptors (Lipinski definition) is 6. The van der Waals surface area contributed by atoms with E-state index in [1.54, 1.807) is 12.1 Å². The molecule has 0 N–H and O–H groups in total. The Labute approximate surface area is 111 Å². The molecule has 6 heteroatoms. The van der Waals surface area contributed by atoms with Crippen LogP contribution in [0.4, 0.5) is 0 Å². The van der Waals surface area contributed by atoms with Gasteiger partial charge in [0.1, 0.15) is 17.2 Å². The highest BCUT2D eigenvalue weighted by Crippen LogP contribution is 2.34. The average molecular weight is 268 g/mol. The predicted molar refractivity (Wildman–Crippen MR) is 66.8 cm³/mol. The fourth-order valence-electron chi connectivity index (χ4n) is 1.60. The minimum Gasteiger partial charge on any atom is -0.496 e. The van der Waals surface area contributed by atoms with Gasteiger partial charge in [0.25, 0.3) is 0 Å². The molecule has 0 spiro atoms. The Hall–Kier alpha value is -2.24. The highest BCUT2D eigenvalue weighted by molar-refractivity contribution is 6.34. The Morgan fingerprint density at radius 2 is 1.47 bits per heavy atom. The minimum atomic E-state index is -0.903. The van der Waals surface area contributed by atoms with E-state index in [1.165, 1.54) is 21.3 Å². The number of carbonyl (C=O) groups is 2. The van der Waals surface area contributed by atoms with Crippen molar-refractivity contribution in [3.63, 3.8) is 0 Å². The molecule has 19 heavy (non-hydrogen) atoms. The van der Waals surface area contributed by atoms with E-state index in [1.807, 2.05) is 0 Å². The Kier molecular flexibility index (Phi) is 5.17. The Bertz CT molecular complexity index is 455. The lowest BCUT2D eigenvalue weighted by Crippen LogP contribution is -2.18. The molecule has 0 saturated carbocycles. The minimum absolute atomic E-state index is 0.164. The second kappa shape index (κ2) is 6.63. The highest BCUT2D eigenvalue weighted by Gasteiger charge is 2.21. The molecule has 6 nitrogen and oxygen atoms in total. The van der Waals surface area contributed by atoms with Crippen molar-refractivity contribution in [2.24, 2.45) is 0 Å². The average Bonchev–Trinajstić information content (AvgIpc) is 2.45. The summed E-state index contributed by atoms with van der Waals surface area (Å²) in [6, 6.07) is 3.23. The lowest BCUT2D eigenvalue weighted by Gasteiger charge is -2.14. The van der Waals surface area contributed by atoms with Gasteiger partial charge in [-0.25, -0.2) is 4.79 Å². The number of methoxy groups -OCH3 is 4. The maximum atomic E-state index is 11.6. The topological polar surface area (TPSA) is 71.1 Å². The van der Waals surface area contributed by atoms with E-state index in [0.717, 1.165) is 7.11 Å². The van der Waals surface area contributed by atoms with Gasteiger partial charge in [0.15, 0.2) is 0 Å². The largest absolute Gasteiger partial charge is 0.496 e. The van der Waals surface area contributed by atoms with Gasteiger partial charge in [0.05, 0.1) is 34.9 Å². The molecule has 0 amide bonds. The summed E-state index contributed by atoms with van der Waals surface area (Å²) in [4.78, 5) is 22.8.